The summed E-state index contributed by atoms with van der Waals surface area (Å²) in [5.41, 5.74) is 6.99. The maximum atomic E-state index is 12.5. The van der Waals surface area contributed by atoms with Gasteiger partial charge in [0.2, 0.25) is 11.8 Å². The van der Waals surface area contributed by atoms with Gasteiger partial charge in [-0.1, -0.05) is 6.07 Å². The lowest BCUT2D eigenvalue weighted by molar-refractivity contribution is -0.137. The van der Waals surface area contributed by atoms with E-state index in [1.54, 1.807) is 6.20 Å². The van der Waals surface area contributed by atoms with Gasteiger partial charge < -0.3 is 20.3 Å². The number of pyridine rings is 1. The Morgan fingerprint density at radius 1 is 1.48 bits per heavy atom. The summed E-state index contributed by atoms with van der Waals surface area (Å²) >= 11 is 0. The van der Waals surface area contributed by atoms with E-state index in [1.807, 2.05) is 26.1 Å². The standard InChI is InChI=1S/C16H24N4O3/c1-12-3-4-13(8-18-12)7-16(22)20(11-15(17)21)10-14-9-19(2)5-6-23-14/h3-4,8,14H,5-7,9-11H2,1-2H3,(H2,17,21). The molecule has 0 aromatic carbocycles. The van der Waals surface area contributed by atoms with Crippen molar-refractivity contribution in [2.24, 2.45) is 5.73 Å². The number of nitrogens with zero attached hydrogens (tertiary/aromatic N) is 3. The third-order valence-corrected chi connectivity index (χ3v) is 3.79. The fraction of sp³-hybridized carbons (Fsp3) is 0.562. The first-order valence-corrected chi connectivity index (χ1v) is 7.72. The van der Waals surface area contributed by atoms with Crippen molar-refractivity contribution in [2.75, 3.05) is 39.8 Å². The van der Waals surface area contributed by atoms with Gasteiger partial charge in [0.15, 0.2) is 0 Å². The molecule has 1 atom stereocenters. The number of carbonyl (C=O) groups excluding carboxylic acids is 2. The number of morpholine rings is 1. The highest BCUT2D eigenvalue weighted by molar-refractivity contribution is 5.85. The number of carbonyl (C=O) groups is 2. The third kappa shape index (κ3) is 5.61. The van der Waals surface area contributed by atoms with Gasteiger partial charge in [-0.25, -0.2) is 0 Å². The van der Waals surface area contributed by atoms with Crippen LogP contribution in [0.1, 0.15) is 11.3 Å². The molecule has 7 heteroatoms. The highest BCUT2D eigenvalue weighted by Gasteiger charge is 2.24. The van der Waals surface area contributed by atoms with Gasteiger partial charge >= 0.3 is 0 Å². The SMILES string of the molecule is Cc1ccc(CC(=O)N(CC(N)=O)CC2CN(C)CCO2)cn1. The molecule has 1 saturated heterocycles. The molecule has 0 bridgehead atoms. The molecule has 1 aromatic heterocycles. The molecule has 23 heavy (non-hydrogen) atoms. The van der Waals surface area contributed by atoms with Gasteiger partial charge in [-0.15, -0.1) is 0 Å². The zero-order chi connectivity index (χ0) is 16.8. The monoisotopic (exact) mass is 320 g/mol. The third-order valence-electron chi connectivity index (χ3n) is 3.79. The lowest BCUT2D eigenvalue weighted by Crippen LogP contribution is -2.49. The number of likely N-dealkylation sites (N-methyl/N-ethyl adjacent to an activating group) is 1. The van der Waals surface area contributed by atoms with Crippen LogP contribution in [0.5, 0.6) is 0 Å². The van der Waals surface area contributed by atoms with E-state index in [9.17, 15) is 9.59 Å². The van der Waals surface area contributed by atoms with E-state index in [1.165, 1.54) is 4.90 Å². The second-order valence-corrected chi connectivity index (χ2v) is 5.98. The summed E-state index contributed by atoms with van der Waals surface area (Å²) in [5.74, 6) is -0.671. The van der Waals surface area contributed by atoms with Crippen LogP contribution >= 0.6 is 0 Å². The Bertz CT molecular complexity index is 547. The van der Waals surface area contributed by atoms with Gasteiger partial charge in [-0.3, -0.25) is 14.6 Å². The minimum atomic E-state index is -0.524. The van der Waals surface area contributed by atoms with Crippen LogP contribution in [0.4, 0.5) is 0 Å². The van der Waals surface area contributed by atoms with Crippen LogP contribution in [-0.4, -0.2) is 72.5 Å². The summed E-state index contributed by atoms with van der Waals surface area (Å²) < 4.78 is 5.68. The predicted molar refractivity (Wildman–Crippen MR) is 85.7 cm³/mol. The van der Waals surface area contributed by atoms with Crippen molar-refractivity contribution >= 4 is 11.8 Å². The number of hydrogen-bond donors (Lipinski definition) is 1. The van der Waals surface area contributed by atoms with Gasteiger partial charge in [0.05, 0.1) is 25.7 Å². The fourth-order valence-electron chi connectivity index (χ4n) is 2.56. The normalized spacial score (nSPS) is 18.6. The summed E-state index contributed by atoms with van der Waals surface area (Å²) in [5, 5.41) is 0. The number of ether oxygens (including phenoxy) is 1. The largest absolute Gasteiger partial charge is 0.374 e. The van der Waals surface area contributed by atoms with Gasteiger partial charge in [0.25, 0.3) is 0 Å². The average Bonchev–Trinajstić information content (AvgIpc) is 2.48. The van der Waals surface area contributed by atoms with Crippen molar-refractivity contribution in [1.82, 2.24) is 14.8 Å². The predicted octanol–water partition coefficient (Wildman–Crippen LogP) is -0.423. The van der Waals surface area contributed by atoms with E-state index in [0.717, 1.165) is 24.3 Å². The van der Waals surface area contributed by atoms with Crippen molar-refractivity contribution < 1.29 is 14.3 Å². The molecule has 7 nitrogen and oxygen atoms in total. The molecule has 126 valence electrons. The summed E-state index contributed by atoms with van der Waals surface area (Å²) in [6, 6.07) is 3.73. The number of amides is 2. The van der Waals surface area contributed by atoms with Crippen molar-refractivity contribution in [3.63, 3.8) is 0 Å². The molecule has 0 spiro atoms. The molecule has 1 fully saturated rings. The fourth-order valence-corrected chi connectivity index (χ4v) is 2.56. The van der Waals surface area contributed by atoms with Crippen LogP contribution in [0.3, 0.4) is 0 Å². The van der Waals surface area contributed by atoms with E-state index in [4.69, 9.17) is 10.5 Å². The molecule has 2 N–H and O–H groups in total. The highest BCUT2D eigenvalue weighted by atomic mass is 16.5. The number of nitrogens with two attached hydrogens (primary N) is 1. The summed E-state index contributed by atoms with van der Waals surface area (Å²) in [6.45, 7) is 4.39. The van der Waals surface area contributed by atoms with E-state index < -0.39 is 5.91 Å². The number of aryl methyl sites for hydroxylation is 1. The molecule has 0 saturated carbocycles. The first-order valence-electron chi connectivity index (χ1n) is 7.72. The molecule has 1 unspecified atom stereocenters. The van der Waals surface area contributed by atoms with Crippen LogP contribution in [0.25, 0.3) is 0 Å². The maximum absolute atomic E-state index is 12.5. The Labute approximate surface area is 136 Å². The molecule has 1 aliphatic rings. The summed E-state index contributed by atoms with van der Waals surface area (Å²) in [4.78, 5) is 31.6. The molecule has 2 amide bonds. The number of aromatic nitrogens is 1. The van der Waals surface area contributed by atoms with Gasteiger partial charge in [0, 0.05) is 31.5 Å². The van der Waals surface area contributed by atoms with E-state index >= 15 is 0 Å². The smallest absolute Gasteiger partial charge is 0.237 e. The van der Waals surface area contributed by atoms with Crippen molar-refractivity contribution in [1.29, 1.82) is 0 Å². The van der Waals surface area contributed by atoms with Crippen LogP contribution in [0, 0.1) is 6.92 Å². The second-order valence-electron chi connectivity index (χ2n) is 5.98. The van der Waals surface area contributed by atoms with Crippen molar-refractivity contribution in [2.45, 2.75) is 19.4 Å². The van der Waals surface area contributed by atoms with E-state index in [2.05, 4.69) is 9.88 Å². The topological polar surface area (TPSA) is 88.8 Å². The Morgan fingerprint density at radius 3 is 2.87 bits per heavy atom. The molecule has 2 rings (SSSR count). The lowest BCUT2D eigenvalue weighted by Gasteiger charge is -2.33. The zero-order valence-corrected chi connectivity index (χ0v) is 13.7. The van der Waals surface area contributed by atoms with Gasteiger partial charge in [-0.05, 0) is 25.6 Å². The maximum Gasteiger partial charge on any atom is 0.237 e. The van der Waals surface area contributed by atoms with Gasteiger partial charge in [0.1, 0.15) is 0 Å². The Hall–Kier alpha value is -1.99. The Balaban J connectivity index is 1.99. The Morgan fingerprint density at radius 2 is 2.26 bits per heavy atom. The van der Waals surface area contributed by atoms with Crippen LogP contribution in [0.2, 0.25) is 0 Å². The quantitative estimate of drug-likeness (QED) is 0.769. The Kier molecular flexibility index (Phi) is 6.06. The van der Waals surface area contributed by atoms with Crippen LogP contribution < -0.4 is 5.73 Å². The number of rotatable bonds is 6. The zero-order valence-electron chi connectivity index (χ0n) is 13.7. The summed E-state index contributed by atoms with van der Waals surface area (Å²) in [6.07, 6.45) is 1.78. The number of hydrogen-bond acceptors (Lipinski definition) is 5. The van der Waals surface area contributed by atoms with Gasteiger partial charge in [-0.2, -0.15) is 0 Å². The average molecular weight is 320 g/mol. The van der Waals surface area contributed by atoms with E-state index in [0.29, 0.717) is 13.2 Å². The number of primary amides is 1. The van der Waals surface area contributed by atoms with Crippen molar-refractivity contribution in [3.05, 3.63) is 29.6 Å². The second kappa shape index (κ2) is 8.03. The van der Waals surface area contributed by atoms with Crippen LogP contribution in [0.15, 0.2) is 18.3 Å². The molecule has 1 aromatic rings. The first kappa shape index (κ1) is 17.4. The molecule has 0 aliphatic carbocycles. The molecular formula is C16H24N4O3. The summed E-state index contributed by atoms with van der Waals surface area (Å²) in [7, 11) is 2.01. The minimum Gasteiger partial charge on any atom is -0.374 e. The first-order chi connectivity index (χ1) is 10.9. The van der Waals surface area contributed by atoms with Crippen LogP contribution in [-0.2, 0) is 20.7 Å². The molecular weight excluding hydrogens is 296 g/mol. The minimum absolute atomic E-state index is 0.0955. The lowest BCUT2D eigenvalue weighted by atomic mass is 10.1. The van der Waals surface area contributed by atoms with E-state index in [-0.39, 0.29) is 25.0 Å². The highest BCUT2D eigenvalue weighted by Crippen LogP contribution is 2.08. The molecule has 1 aliphatic heterocycles. The molecule has 0 radical (unpaired) electrons. The molecule has 2 heterocycles. The van der Waals surface area contributed by atoms with Crippen molar-refractivity contribution in [3.8, 4) is 0 Å².